The fourth-order valence-electron chi connectivity index (χ4n) is 4.10. The Balaban J connectivity index is 1.47. The minimum Gasteiger partial charge on any atom is -0.392 e. The number of hydrogen-bond donors (Lipinski definition) is 2. The summed E-state index contributed by atoms with van der Waals surface area (Å²) in [6.45, 7) is 9.72. The third-order valence-electron chi connectivity index (χ3n) is 5.64. The minimum absolute atomic E-state index is 0.177. The summed E-state index contributed by atoms with van der Waals surface area (Å²) < 4.78 is 0. The molecule has 4 heteroatoms. The topological polar surface area (TPSA) is 38.7 Å². The molecule has 2 heterocycles. The van der Waals surface area contributed by atoms with Crippen LogP contribution in [-0.2, 0) is 6.54 Å². The summed E-state index contributed by atoms with van der Waals surface area (Å²) in [5, 5.41) is 13.9. The van der Waals surface area contributed by atoms with Crippen molar-refractivity contribution in [3.63, 3.8) is 0 Å². The lowest BCUT2D eigenvalue weighted by molar-refractivity contribution is 0.154. The van der Waals surface area contributed by atoms with Gasteiger partial charge in [-0.15, -0.1) is 0 Å². The van der Waals surface area contributed by atoms with Crippen LogP contribution in [0.15, 0.2) is 30.3 Å². The molecule has 0 spiro atoms. The van der Waals surface area contributed by atoms with Gasteiger partial charge in [-0.1, -0.05) is 30.3 Å². The molecule has 1 aromatic rings. The molecule has 2 N–H and O–H groups in total. The van der Waals surface area contributed by atoms with E-state index in [0.717, 1.165) is 26.1 Å². The molecular formula is C20H33N3O. The summed E-state index contributed by atoms with van der Waals surface area (Å²) in [5.74, 6) is 0. The van der Waals surface area contributed by atoms with Crippen molar-refractivity contribution in [1.29, 1.82) is 0 Å². The fraction of sp³-hybridized carbons (Fsp3) is 0.700. The highest BCUT2D eigenvalue weighted by molar-refractivity contribution is 5.15. The zero-order valence-corrected chi connectivity index (χ0v) is 15.2. The Morgan fingerprint density at radius 3 is 2.54 bits per heavy atom. The highest BCUT2D eigenvalue weighted by Crippen LogP contribution is 2.21. The van der Waals surface area contributed by atoms with Crippen molar-refractivity contribution < 1.29 is 5.11 Å². The molecule has 2 atom stereocenters. The first-order valence-electron chi connectivity index (χ1n) is 9.55. The summed E-state index contributed by atoms with van der Waals surface area (Å²) in [4.78, 5) is 5.01. The first-order chi connectivity index (χ1) is 11.6. The lowest BCUT2D eigenvalue weighted by Gasteiger charge is -2.36. The summed E-state index contributed by atoms with van der Waals surface area (Å²) >= 11 is 0. The minimum atomic E-state index is -0.177. The predicted octanol–water partition coefficient (Wildman–Crippen LogP) is 2.08. The van der Waals surface area contributed by atoms with E-state index in [1.165, 1.54) is 31.5 Å². The van der Waals surface area contributed by atoms with Crippen molar-refractivity contribution in [1.82, 2.24) is 15.1 Å². The zero-order chi connectivity index (χ0) is 16.9. The molecule has 134 valence electrons. The van der Waals surface area contributed by atoms with Gasteiger partial charge in [-0.3, -0.25) is 4.90 Å². The number of rotatable bonds is 6. The van der Waals surface area contributed by atoms with Crippen molar-refractivity contribution in [2.24, 2.45) is 0 Å². The molecule has 0 radical (unpaired) electrons. The second-order valence-corrected chi connectivity index (χ2v) is 7.77. The lowest BCUT2D eigenvalue weighted by Crippen LogP contribution is -2.48. The molecule has 2 saturated heterocycles. The van der Waals surface area contributed by atoms with Crippen molar-refractivity contribution in [3.05, 3.63) is 35.9 Å². The van der Waals surface area contributed by atoms with E-state index in [0.29, 0.717) is 18.1 Å². The average molecular weight is 332 g/mol. The van der Waals surface area contributed by atoms with E-state index in [-0.39, 0.29) is 6.10 Å². The molecule has 0 amide bonds. The van der Waals surface area contributed by atoms with E-state index in [1.54, 1.807) is 0 Å². The van der Waals surface area contributed by atoms with Crippen LogP contribution in [-0.4, -0.2) is 65.3 Å². The number of likely N-dealkylation sites (tertiary alicyclic amines) is 2. The quantitative estimate of drug-likeness (QED) is 0.837. The number of benzene rings is 1. The summed E-state index contributed by atoms with van der Waals surface area (Å²) in [7, 11) is 0. The van der Waals surface area contributed by atoms with Gasteiger partial charge in [0.05, 0.1) is 6.10 Å². The van der Waals surface area contributed by atoms with Crippen LogP contribution in [0.4, 0.5) is 0 Å². The SMILES string of the molecule is CC(C)N1CCC(NC[C@@H]2C[C@@H](O)CN2Cc2ccccc2)CC1. The van der Waals surface area contributed by atoms with Crippen molar-refractivity contribution in [2.75, 3.05) is 26.2 Å². The van der Waals surface area contributed by atoms with Gasteiger partial charge in [-0.25, -0.2) is 0 Å². The molecule has 24 heavy (non-hydrogen) atoms. The van der Waals surface area contributed by atoms with Crippen LogP contribution in [0.3, 0.4) is 0 Å². The number of aliphatic hydroxyl groups excluding tert-OH is 1. The fourth-order valence-corrected chi connectivity index (χ4v) is 4.10. The van der Waals surface area contributed by atoms with Gasteiger partial charge in [0.15, 0.2) is 0 Å². The van der Waals surface area contributed by atoms with Crippen LogP contribution in [0, 0.1) is 0 Å². The number of β-amino-alcohol motifs (C(OH)–C–C–N with tert-alkyl or cyclic N) is 1. The molecule has 4 nitrogen and oxygen atoms in total. The number of aliphatic hydroxyl groups is 1. The van der Waals surface area contributed by atoms with E-state index in [4.69, 9.17) is 0 Å². The number of nitrogens with one attached hydrogen (secondary N) is 1. The zero-order valence-electron chi connectivity index (χ0n) is 15.2. The molecular weight excluding hydrogens is 298 g/mol. The molecule has 2 aliphatic heterocycles. The van der Waals surface area contributed by atoms with Crippen molar-refractivity contribution in [3.8, 4) is 0 Å². The molecule has 0 saturated carbocycles. The van der Waals surface area contributed by atoms with Gasteiger partial charge in [0.1, 0.15) is 0 Å². The maximum absolute atomic E-state index is 10.1. The molecule has 0 aliphatic carbocycles. The molecule has 2 aliphatic rings. The van der Waals surface area contributed by atoms with E-state index in [1.807, 2.05) is 0 Å². The highest BCUT2D eigenvalue weighted by Gasteiger charge is 2.31. The molecule has 0 bridgehead atoms. The van der Waals surface area contributed by atoms with Gasteiger partial charge in [-0.05, 0) is 51.8 Å². The predicted molar refractivity (Wildman–Crippen MR) is 99.0 cm³/mol. The van der Waals surface area contributed by atoms with Gasteiger partial charge in [0, 0.05) is 37.8 Å². The standard InChI is InChI=1S/C20H33N3O/c1-16(2)22-10-8-18(9-11-22)21-13-19-12-20(24)15-23(19)14-17-6-4-3-5-7-17/h3-7,16,18-21,24H,8-15H2,1-2H3/t19-,20+/m0/s1. The Morgan fingerprint density at radius 1 is 1.17 bits per heavy atom. The second-order valence-electron chi connectivity index (χ2n) is 7.77. The highest BCUT2D eigenvalue weighted by atomic mass is 16.3. The van der Waals surface area contributed by atoms with Gasteiger partial charge < -0.3 is 15.3 Å². The summed E-state index contributed by atoms with van der Waals surface area (Å²) in [6, 6.07) is 12.4. The van der Waals surface area contributed by atoms with Crippen LogP contribution >= 0.6 is 0 Å². The van der Waals surface area contributed by atoms with E-state index < -0.39 is 0 Å². The average Bonchev–Trinajstić information content (AvgIpc) is 2.93. The van der Waals surface area contributed by atoms with Crippen LogP contribution in [0.2, 0.25) is 0 Å². The second kappa shape index (κ2) is 8.43. The Hall–Kier alpha value is -0.940. The largest absolute Gasteiger partial charge is 0.392 e. The summed E-state index contributed by atoms with van der Waals surface area (Å²) in [5.41, 5.74) is 1.34. The smallest absolute Gasteiger partial charge is 0.0682 e. The van der Waals surface area contributed by atoms with Crippen LogP contribution < -0.4 is 5.32 Å². The van der Waals surface area contributed by atoms with Crippen LogP contribution in [0.25, 0.3) is 0 Å². The van der Waals surface area contributed by atoms with Crippen LogP contribution in [0.1, 0.15) is 38.7 Å². The third kappa shape index (κ3) is 4.79. The Labute approximate surface area is 146 Å². The molecule has 1 aromatic carbocycles. The first kappa shape index (κ1) is 17.9. The number of piperidine rings is 1. The van der Waals surface area contributed by atoms with Gasteiger partial charge in [-0.2, -0.15) is 0 Å². The van der Waals surface area contributed by atoms with E-state index >= 15 is 0 Å². The Morgan fingerprint density at radius 2 is 1.88 bits per heavy atom. The normalized spacial score (nSPS) is 27.2. The molecule has 0 unspecified atom stereocenters. The van der Waals surface area contributed by atoms with Gasteiger partial charge in [0.2, 0.25) is 0 Å². The maximum atomic E-state index is 10.1. The molecule has 3 rings (SSSR count). The van der Waals surface area contributed by atoms with Gasteiger partial charge >= 0.3 is 0 Å². The Kier molecular flexibility index (Phi) is 6.28. The third-order valence-corrected chi connectivity index (χ3v) is 5.64. The Bertz CT molecular complexity index is 485. The van der Waals surface area contributed by atoms with E-state index in [9.17, 15) is 5.11 Å². The number of hydrogen-bond acceptors (Lipinski definition) is 4. The molecule has 2 fully saturated rings. The number of nitrogens with zero attached hydrogens (tertiary/aromatic N) is 2. The van der Waals surface area contributed by atoms with Crippen molar-refractivity contribution >= 4 is 0 Å². The first-order valence-corrected chi connectivity index (χ1v) is 9.55. The van der Waals surface area contributed by atoms with Crippen molar-refractivity contribution in [2.45, 2.75) is 63.9 Å². The maximum Gasteiger partial charge on any atom is 0.0682 e. The lowest BCUT2D eigenvalue weighted by atomic mass is 10.0. The van der Waals surface area contributed by atoms with Gasteiger partial charge in [0.25, 0.3) is 0 Å². The van der Waals surface area contributed by atoms with E-state index in [2.05, 4.69) is 59.3 Å². The monoisotopic (exact) mass is 331 g/mol. The summed E-state index contributed by atoms with van der Waals surface area (Å²) in [6.07, 6.45) is 3.20. The molecule has 0 aromatic heterocycles. The van der Waals surface area contributed by atoms with Crippen LogP contribution in [0.5, 0.6) is 0 Å².